The van der Waals surface area contributed by atoms with Gasteiger partial charge in [0, 0.05) is 49.7 Å². The molecular formula is C21H32N6O. The number of nitrogens with two attached hydrogens (primary N) is 1. The summed E-state index contributed by atoms with van der Waals surface area (Å²) in [6.45, 7) is 5.74. The van der Waals surface area contributed by atoms with E-state index in [1.54, 1.807) is 6.20 Å². The van der Waals surface area contributed by atoms with Crippen molar-refractivity contribution >= 4 is 11.7 Å². The van der Waals surface area contributed by atoms with Crippen LogP contribution in [0.1, 0.15) is 68.1 Å². The summed E-state index contributed by atoms with van der Waals surface area (Å²) in [5, 5.41) is 6.41. The molecule has 0 spiro atoms. The van der Waals surface area contributed by atoms with Gasteiger partial charge in [0.25, 0.3) is 5.91 Å². The van der Waals surface area contributed by atoms with Gasteiger partial charge in [-0.1, -0.05) is 13.8 Å². The molecule has 1 aliphatic carbocycles. The van der Waals surface area contributed by atoms with Gasteiger partial charge in [-0.25, -0.2) is 9.97 Å². The first-order valence-corrected chi connectivity index (χ1v) is 10.3. The molecule has 1 fully saturated rings. The second-order valence-corrected chi connectivity index (χ2v) is 7.93. The Balaban J connectivity index is 1.41. The predicted octanol–water partition coefficient (Wildman–Crippen LogP) is 2.90. The maximum atomic E-state index is 12.3. The molecule has 1 saturated carbocycles. The predicted molar refractivity (Wildman–Crippen MR) is 111 cm³/mol. The fourth-order valence-corrected chi connectivity index (χ4v) is 3.65. The minimum atomic E-state index is -0.0857. The summed E-state index contributed by atoms with van der Waals surface area (Å²) >= 11 is 0. The van der Waals surface area contributed by atoms with Crippen molar-refractivity contribution in [1.82, 2.24) is 19.9 Å². The van der Waals surface area contributed by atoms with Crippen LogP contribution in [0.15, 0.2) is 30.7 Å². The summed E-state index contributed by atoms with van der Waals surface area (Å²) in [6, 6.07) is 4.46. The van der Waals surface area contributed by atoms with Gasteiger partial charge < -0.3 is 20.9 Å². The Morgan fingerprint density at radius 1 is 1.25 bits per heavy atom. The van der Waals surface area contributed by atoms with Gasteiger partial charge >= 0.3 is 0 Å². The fourth-order valence-electron chi connectivity index (χ4n) is 3.65. The van der Waals surface area contributed by atoms with Crippen molar-refractivity contribution in [2.24, 2.45) is 5.73 Å². The molecule has 28 heavy (non-hydrogen) atoms. The van der Waals surface area contributed by atoms with Gasteiger partial charge in [0.1, 0.15) is 11.6 Å². The quantitative estimate of drug-likeness (QED) is 0.608. The van der Waals surface area contributed by atoms with E-state index in [2.05, 4.69) is 39.0 Å². The molecule has 0 bridgehead atoms. The van der Waals surface area contributed by atoms with Crippen LogP contribution in [0, 0.1) is 0 Å². The molecule has 0 aliphatic heterocycles. The number of carbonyl (C=O) groups is 1. The molecule has 2 aromatic rings. The molecular weight excluding hydrogens is 352 g/mol. The Labute approximate surface area is 167 Å². The van der Waals surface area contributed by atoms with Gasteiger partial charge in [-0.3, -0.25) is 4.79 Å². The minimum Gasteiger partial charge on any atom is -0.367 e. The summed E-state index contributed by atoms with van der Waals surface area (Å²) in [7, 11) is 0. The molecule has 2 aromatic heterocycles. The van der Waals surface area contributed by atoms with Gasteiger partial charge in [-0.15, -0.1) is 0 Å². The largest absolute Gasteiger partial charge is 0.367 e. The second-order valence-electron chi connectivity index (χ2n) is 7.93. The van der Waals surface area contributed by atoms with Gasteiger partial charge in [0.2, 0.25) is 0 Å². The van der Waals surface area contributed by atoms with Crippen LogP contribution in [0.25, 0.3) is 0 Å². The van der Waals surface area contributed by atoms with Crippen molar-refractivity contribution in [2.75, 3.05) is 11.9 Å². The van der Waals surface area contributed by atoms with Crippen LogP contribution < -0.4 is 16.4 Å². The van der Waals surface area contributed by atoms with Crippen molar-refractivity contribution in [1.29, 1.82) is 0 Å². The topological polar surface area (TPSA) is 97.9 Å². The van der Waals surface area contributed by atoms with E-state index in [4.69, 9.17) is 5.73 Å². The molecule has 0 atom stereocenters. The highest BCUT2D eigenvalue weighted by Crippen LogP contribution is 2.20. The third-order valence-electron chi connectivity index (χ3n) is 5.27. The average Bonchev–Trinajstić information content (AvgIpc) is 3.16. The molecule has 152 valence electrons. The number of aromatic nitrogens is 3. The Hall–Kier alpha value is -2.41. The normalized spacial score (nSPS) is 19.6. The van der Waals surface area contributed by atoms with Gasteiger partial charge in [-0.05, 0) is 44.2 Å². The number of nitrogens with one attached hydrogen (secondary N) is 2. The standard InChI is InChI=1S/C21H32N6O/c1-15(2)20-23-11-13-27(20)12-3-10-24-21(28)16-4-9-19(25-14-16)26-18-7-5-17(22)6-8-18/h4,9,11,13-15,17-18H,3,5-8,10,12,22H2,1-2H3,(H,24,28)(H,25,26). The number of anilines is 1. The fraction of sp³-hybridized carbons (Fsp3) is 0.571. The van der Waals surface area contributed by atoms with Crippen molar-refractivity contribution in [3.63, 3.8) is 0 Å². The monoisotopic (exact) mass is 384 g/mol. The van der Waals surface area contributed by atoms with Gasteiger partial charge in [0.15, 0.2) is 0 Å². The van der Waals surface area contributed by atoms with E-state index in [1.165, 1.54) is 0 Å². The van der Waals surface area contributed by atoms with Crippen LogP contribution in [-0.2, 0) is 6.54 Å². The highest BCUT2D eigenvalue weighted by atomic mass is 16.1. The van der Waals surface area contributed by atoms with E-state index in [0.29, 0.717) is 30.1 Å². The lowest BCUT2D eigenvalue weighted by Crippen LogP contribution is -2.33. The highest BCUT2D eigenvalue weighted by molar-refractivity contribution is 5.94. The number of aryl methyl sites for hydroxylation is 1. The summed E-state index contributed by atoms with van der Waals surface area (Å²) < 4.78 is 2.15. The van der Waals surface area contributed by atoms with Crippen LogP contribution in [0.5, 0.6) is 0 Å². The van der Waals surface area contributed by atoms with E-state index >= 15 is 0 Å². The van der Waals surface area contributed by atoms with Gasteiger partial charge in [0.05, 0.1) is 5.56 Å². The summed E-state index contributed by atoms with van der Waals surface area (Å²) in [4.78, 5) is 21.1. The van der Waals surface area contributed by atoms with Crippen molar-refractivity contribution in [3.8, 4) is 0 Å². The van der Waals surface area contributed by atoms with Gasteiger partial charge in [-0.2, -0.15) is 0 Å². The SMILES string of the molecule is CC(C)c1nccn1CCCNC(=O)c1ccc(NC2CCC(N)CC2)nc1. The smallest absolute Gasteiger partial charge is 0.252 e. The molecule has 0 saturated heterocycles. The number of hydrogen-bond donors (Lipinski definition) is 3. The zero-order chi connectivity index (χ0) is 19.9. The first-order valence-electron chi connectivity index (χ1n) is 10.3. The molecule has 4 N–H and O–H groups in total. The lowest BCUT2D eigenvalue weighted by atomic mass is 9.92. The highest BCUT2D eigenvalue weighted by Gasteiger charge is 2.18. The lowest BCUT2D eigenvalue weighted by Gasteiger charge is -2.27. The average molecular weight is 385 g/mol. The number of amides is 1. The number of imidazole rings is 1. The third-order valence-corrected chi connectivity index (χ3v) is 5.27. The number of hydrogen-bond acceptors (Lipinski definition) is 5. The van der Waals surface area contributed by atoms with Crippen LogP contribution in [-0.4, -0.2) is 39.1 Å². The first-order chi connectivity index (χ1) is 13.5. The molecule has 3 rings (SSSR count). The molecule has 2 heterocycles. The molecule has 1 amide bonds. The van der Waals surface area contributed by atoms with E-state index in [1.807, 2.05) is 24.5 Å². The van der Waals surface area contributed by atoms with E-state index in [0.717, 1.165) is 50.3 Å². The van der Waals surface area contributed by atoms with Crippen molar-refractivity contribution in [3.05, 3.63) is 42.1 Å². The van der Waals surface area contributed by atoms with Crippen LogP contribution >= 0.6 is 0 Å². The maximum Gasteiger partial charge on any atom is 0.252 e. The molecule has 7 nitrogen and oxygen atoms in total. The molecule has 0 unspecified atom stereocenters. The van der Waals surface area contributed by atoms with Crippen LogP contribution in [0.4, 0.5) is 5.82 Å². The van der Waals surface area contributed by atoms with Crippen LogP contribution in [0.2, 0.25) is 0 Å². The number of nitrogens with zero attached hydrogens (tertiary/aromatic N) is 3. The zero-order valence-electron chi connectivity index (χ0n) is 16.9. The molecule has 1 aliphatic rings. The zero-order valence-corrected chi connectivity index (χ0v) is 16.9. The van der Waals surface area contributed by atoms with E-state index < -0.39 is 0 Å². The third kappa shape index (κ3) is 5.55. The number of pyridine rings is 1. The Kier molecular flexibility index (Phi) is 7.03. The molecule has 0 radical (unpaired) electrons. The maximum absolute atomic E-state index is 12.3. The number of carbonyl (C=O) groups excluding carboxylic acids is 1. The van der Waals surface area contributed by atoms with Crippen molar-refractivity contribution < 1.29 is 4.79 Å². The van der Waals surface area contributed by atoms with E-state index in [-0.39, 0.29) is 5.91 Å². The summed E-state index contributed by atoms with van der Waals surface area (Å²) in [5.41, 5.74) is 6.53. The summed E-state index contributed by atoms with van der Waals surface area (Å²) in [6.07, 6.45) is 10.6. The Bertz CT molecular complexity index is 747. The minimum absolute atomic E-state index is 0.0857. The molecule has 0 aromatic carbocycles. The van der Waals surface area contributed by atoms with E-state index in [9.17, 15) is 4.79 Å². The lowest BCUT2D eigenvalue weighted by molar-refractivity contribution is 0.0952. The summed E-state index contributed by atoms with van der Waals surface area (Å²) in [5.74, 6) is 2.21. The van der Waals surface area contributed by atoms with Crippen molar-refractivity contribution in [2.45, 2.75) is 70.5 Å². The second kappa shape index (κ2) is 9.68. The molecule has 7 heteroatoms. The first kappa shape index (κ1) is 20.3. The number of rotatable bonds is 8. The van der Waals surface area contributed by atoms with Crippen LogP contribution in [0.3, 0.4) is 0 Å². The Morgan fingerprint density at radius 3 is 2.71 bits per heavy atom. The Morgan fingerprint density at radius 2 is 2.04 bits per heavy atom.